The van der Waals surface area contributed by atoms with Crippen molar-refractivity contribution in [2.75, 3.05) is 0 Å². The van der Waals surface area contributed by atoms with Gasteiger partial charge in [0.2, 0.25) is 5.03 Å². The Labute approximate surface area is 97.1 Å². The first-order chi connectivity index (χ1) is 7.47. The molecule has 1 aromatic heterocycles. The Bertz CT molecular complexity index is 604. The number of hydrogen-bond acceptors (Lipinski definition) is 4. The van der Waals surface area contributed by atoms with Gasteiger partial charge in [-0.25, -0.2) is 13.1 Å². The summed E-state index contributed by atoms with van der Waals surface area (Å²) in [7, 11) is 1.32. The summed E-state index contributed by atoms with van der Waals surface area (Å²) in [6, 6.07) is 7.42. The Morgan fingerprint density at radius 2 is 1.88 bits per heavy atom. The Hall–Kier alpha value is -1.40. The van der Waals surface area contributed by atoms with Crippen molar-refractivity contribution in [3.05, 3.63) is 36.0 Å². The molecule has 0 aliphatic carbocycles. The van der Waals surface area contributed by atoms with Gasteiger partial charge in [0.25, 0.3) is 9.05 Å². The molecule has 84 valence electrons. The molecule has 0 bridgehead atoms. The van der Waals surface area contributed by atoms with Gasteiger partial charge in [-0.15, -0.1) is 5.10 Å². The Balaban J connectivity index is 2.43. The summed E-state index contributed by atoms with van der Waals surface area (Å²) in [5.74, 6) is 0. The van der Waals surface area contributed by atoms with Crippen LogP contribution in [-0.4, -0.2) is 23.4 Å². The van der Waals surface area contributed by atoms with Gasteiger partial charge >= 0.3 is 0 Å². The number of benzene rings is 1. The zero-order chi connectivity index (χ0) is 11.8. The number of aromatic nitrogens is 3. The van der Waals surface area contributed by atoms with E-state index < -0.39 is 9.05 Å². The van der Waals surface area contributed by atoms with Crippen molar-refractivity contribution in [3.63, 3.8) is 0 Å². The first kappa shape index (κ1) is 11.1. The lowest BCUT2D eigenvalue weighted by atomic mass is 10.2. The predicted molar refractivity (Wildman–Crippen MR) is 59.1 cm³/mol. The second kappa shape index (κ2) is 3.88. The molecule has 0 aliphatic heterocycles. The smallest absolute Gasteiger partial charge is 0.219 e. The van der Waals surface area contributed by atoms with Crippen molar-refractivity contribution >= 4 is 19.7 Å². The lowest BCUT2D eigenvalue weighted by Crippen LogP contribution is -1.94. The maximum atomic E-state index is 11.0. The van der Waals surface area contributed by atoms with Gasteiger partial charge in [0, 0.05) is 10.7 Å². The van der Waals surface area contributed by atoms with E-state index in [1.54, 1.807) is 0 Å². The highest BCUT2D eigenvalue weighted by Gasteiger charge is 2.15. The first-order valence-electron chi connectivity index (χ1n) is 4.41. The van der Waals surface area contributed by atoms with Crippen molar-refractivity contribution in [1.29, 1.82) is 0 Å². The average Bonchev–Trinajstić information content (AvgIpc) is 2.67. The highest BCUT2D eigenvalue weighted by atomic mass is 35.7. The molecule has 2 aromatic rings. The van der Waals surface area contributed by atoms with Crippen LogP contribution in [0.2, 0.25) is 0 Å². The van der Waals surface area contributed by atoms with Crippen molar-refractivity contribution in [1.82, 2.24) is 15.0 Å². The molecule has 7 heteroatoms. The largest absolute Gasteiger partial charge is 0.282 e. The van der Waals surface area contributed by atoms with E-state index in [9.17, 15) is 8.42 Å². The minimum atomic E-state index is -3.82. The standard InChI is InChI=1S/C9H8ClN3O2S/c1-7-2-4-8(5-3-7)13-6-9(11-12-13)16(10,14)15/h2-6H,1H3. The molecule has 0 radical (unpaired) electrons. The average molecular weight is 258 g/mol. The maximum Gasteiger partial charge on any atom is 0.282 e. The number of halogens is 1. The van der Waals surface area contributed by atoms with Crippen molar-refractivity contribution in [2.24, 2.45) is 0 Å². The highest BCUT2D eigenvalue weighted by Crippen LogP contribution is 2.13. The normalized spacial score (nSPS) is 11.6. The van der Waals surface area contributed by atoms with E-state index in [0.29, 0.717) is 0 Å². The monoisotopic (exact) mass is 257 g/mol. The van der Waals surface area contributed by atoms with Crippen LogP contribution in [0.25, 0.3) is 5.69 Å². The molecular weight excluding hydrogens is 250 g/mol. The van der Waals surface area contributed by atoms with Gasteiger partial charge in [-0.3, -0.25) is 0 Å². The lowest BCUT2D eigenvalue weighted by Gasteiger charge is -1.99. The quantitative estimate of drug-likeness (QED) is 0.765. The van der Waals surface area contributed by atoms with Gasteiger partial charge in [-0.1, -0.05) is 22.9 Å². The number of rotatable bonds is 2. The van der Waals surface area contributed by atoms with Crippen LogP contribution in [0.15, 0.2) is 35.5 Å². The third-order valence-electron chi connectivity index (χ3n) is 2.02. The van der Waals surface area contributed by atoms with Crippen LogP contribution >= 0.6 is 10.7 Å². The van der Waals surface area contributed by atoms with Crippen LogP contribution in [0, 0.1) is 6.92 Å². The second-order valence-electron chi connectivity index (χ2n) is 3.27. The van der Waals surface area contributed by atoms with Crippen molar-refractivity contribution in [2.45, 2.75) is 11.9 Å². The molecule has 0 atom stereocenters. The second-order valence-corrected chi connectivity index (χ2v) is 5.79. The topological polar surface area (TPSA) is 64.8 Å². The van der Waals surface area contributed by atoms with E-state index in [4.69, 9.17) is 10.7 Å². The molecule has 0 saturated carbocycles. The summed E-state index contributed by atoms with van der Waals surface area (Å²) in [6.45, 7) is 1.96. The van der Waals surface area contributed by atoms with Gasteiger partial charge in [0.1, 0.15) is 0 Å². The van der Waals surface area contributed by atoms with E-state index in [1.165, 1.54) is 10.9 Å². The molecule has 5 nitrogen and oxygen atoms in total. The summed E-state index contributed by atoms with van der Waals surface area (Å²) in [5.41, 5.74) is 1.83. The number of nitrogens with zero attached hydrogens (tertiary/aromatic N) is 3. The summed E-state index contributed by atoms with van der Waals surface area (Å²) in [4.78, 5) is 0. The Morgan fingerprint density at radius 3 is 2.38 bits per heavy atom. The van der Waals surface area contributed by atoms with Crippen LogP contribution < -0.4 is 0 Å². The molecule has 0 N–H and O–H groups in total. The van der Waals surface area contributed by atoms with Gasteiger partial charge in [0.15, 0.2) is 0 Å². The molecular formula is C9H8ClN3O2S. The molecule has 0 spiro atoms. The van der Waals surface area contributed by atoms with Crippen LogP contribution in [0.1, 0.15) is 5.56 Å². The summed E-state index contributed by atoms with van der Waals surface area (Å²) in [6.07, 6.45) is 1.27. The fourth-order valence-electron chi connectivity index (χ4n) is 1.18. The fraction of sp³-hybridized carbons (Fsp3) is 0.111. The molecule has 1 aromatic carbocycles. The summed E-state index contributed by atoms with van der Waals surface area (Å²) < 4.78 is 23.3. The van der Waals surface area contributed by atoms with Crippen LogP contribution in [0.3, 0.4) is 0 Å². The Kier molecular flexibility index (Phi) is 2.69. The summed E-state index contributed by atoms with van der Waals surface area (Å²) >= 11 is 0. The van der Waals surface area contributed by atoms with Crippen molar-refractivity contribution in [3.8, 4) is 5.69 Å². The number of aryl methyl sites for hydroxylation is 1. The van der Waals surface area contributed by atoms with Crippen LogP contribution in [-0.2, 0) is 9.05 Å². The molecule has 2 rings (SSSR count). The van der Waals surface area contributed by atoms with Crippen molar-refractivity contribution < 1.29 is 8.42 Å². The SMILES string of the molecule is Cc1ccc(-n2cc(S(=O)(=O)Cl)nn2)cc1. The molecule has 0 aliphatic rings. The van der Waals surface area contributed by atoms with Gasteiger partial charge in [-0.2, -0.15) is 0 Å². The number of hydrogen-bond donors (Lipinski definition) is 0. The van der Waals surface area contributed by atoms with E-state index in [1.807, 2.05) is 31.2 Å². The van der Waals surface area contributed by atoms with E-state index in [2.05, 4.69) is 10.3 Å². The molecule has 0 unspecified atom stereocenters. The molecule has 0 saturated heterocycles. The first-order valence-corrected chi connectivity index (χ1v) is 6.72. The molecule has 0 amide bonds. The fourth-order valence-corrected chi connectivity index (χ4v) is 1.76. The molecule has 0 fully saturated rings. The highest BCUT2D eigenvalue weighted by molar-refractivity contribution is 8.13. The lowest BCUT2D eigenvalue weighted by molar-refractivity contribution is 0.605. The van der Waals surface area contributed by atoms with Crippen LogP contribution in [0.5, 0.6) is 0 Å². The maximum absolute atomic E-state index is 11.0. The van der Waals surface area contributed by atoms with Gasteiger partial charge in [-0.05, 0) is 19.1 Å². The Morgan fingerprint density at radius 1 is 1.25 bits per heavy atom. The minimum absolute atomic E-state index is 0.255. The third kappa shape index (κ3) is 2.23. The summed E-state index contributed by atoms with van der Waals surface area (Å²) in [5, 5.41) is 6.91. The molecule has 1 heterocycles. The minimum Gasteiger partial charge on any atom is -0.219 e. The zero-order valence-corrected chi connectivity index (χ0v) is 9.90. The third-order valence-corrected chi connectivity index (χ3v) is 3.18. The van der Waals surface area contributed by atoms with Gasteiger partial charge in [0.05, 0.1) is 11.9 Å². The molecule has 16 heavy (non-hydrogen) atoms. The van der Waals surface area contributed by atoms with E-state index in [0.717, 1.165) is 11.3 Å². The van der Waals surface area contributed by atoms with E-state index in [-0.39, 0.29) is 5.03 Å². The van der Waals surface area contributed by atoms with E-state index >= 15 is 0 Å². The zero-order valence-electron chi connectivity index (χ0n) is 8.33. The van der Waals surface area contributed by atoms with Gasteiger partial charge < -0.3 is 0 Å². The van der Waals surface area contributed by atoms with Crippen LogP contribution in [0.4, 0.5) is 0 Å². The predicted octanol–water partition coefficient (Wildman–Crippen LogP) is 1.50.